The molecule has 2 N–H and O–H groups in total. The molecule has 2 fully saturated rings. The van der Waals surface area contributed by atoms with Crippen LogP contribution >= 0.6 is 69.9 Å². The first-order chi connectivity index (χ1) is 40.8. The Balaban J connectivity index is 0.000000160. The lowest BCUT2D eigenvalue weighted by atomic mass is 9.81. The number of benzene rings is 4. The van der Waals surface area contributed by atoms with Crippen molar-refractivity contribution in [2.24, 2.45) is 21.8 Å². The van der Waals surface area contributed by atoms with E-state index in [2.05, 4.69) is 114 Å². The van der Waals surface area contributed by atoms with Gasteiger partial charge in [-0.1, -0.05) is 149 Å². The van der Waals surface area contributed by atoms with Gasteiger partial charge < -0.3 is 25.1 Å². The number of amidine groups is 2. The molecule has 6 aliphatic rings. The number of hydrogen-bond acceptors (Lipinski definition) is 11. The number of aromatic nitrogens is 2. The van der Waals surface area contributed by atoms with Crippen LogP contribution in [0.4, 0.5) is 0 Å². The van der Waals surface area contributed by atoms with Gasteiger partial charge in [0.25, 0.3) is 5.91 Å². The number of halogens is 4. The lowest BCUT2D eigenvalue weighted by Gasteiger charge is -2.37. The molecule has 4 aromatic carbocycles. The number of rotatable bonds is 14. The maximum absolute atomic E-state index is 14.6. The van der Waals surface area contributed by atoms with E-state index < -0.39 is 17.0 Å². The van der Waals surface area contributed by atoms with Gasteiger partial charge in [0.1, 0.15) is 20.9 Å². The zero-order valence-electron chi connectivity index (χ0n) is 49.4. The van der Waals surface area contributed by atoms with Crippen LogP contribution in [0.2, 0.25) is 20.1 Å². The Bertz CT molecular complexity index is 3480. The summed E-state index contributed by atoms with van der Waals surface area (Å²) < 4.78 is 0. The highest BCUT2D eigenvalue weighted by molar-refractivity contribution is 8.18. The fourth-order valence-corrected chi connectivity index (χ4v) is 16.2. The Labute approximate surface area is 529 Å². The molecule has 85 heavy (non-hydrogen) atoms. The fourth-order valence-electron chi connectivity index (χ4n) is 13.1. The monoisotopic (exact) mass is 1250 g/mol. The predicted octanol–water partition coefficient (Wildman–Crippen LogP) is 17.1. The van der Waals surface area contributed by atoms with Crippen molar-refractivity contribution < 1.29 is 14.7 Å². The Morgan fingerprint density at radius 2 is 0.988 bits per heavy atom. The molecule has 2 saturated heterocycles. The van der Waals surface area contributed by atoms with Gasteiger partial charge in [-0.3, -0.25) is 14.8 Å². The molecular formula is C68H74Cl4N8O3S2. The summed E-state index contributed by atoms with van der Waals surface area (Å²) in [6.07, 6.45) is 12.4. The SMILES string of the molecule is CC(C)C1=C(C(=O)O)SC2=N[C@@](C)(c3ccc(Cl)cc3)[C@@H](c3ccc(Cl)cc3)N21.CC[C@@H]1CC[C@@H](Cc2ccccn2)N1.CC[C@@H]1CC[C@@H](Cc2ccccn2)N1C(=O)C1=C(C(C)C)N2C(=N[C@@](C)(c3ccc(Cl)cc3)[C@H]2c2ccc(Cl)cc2)S1. The normalized spacial score (nSPS) is 25.0. The van der Waals surface area contributed by atoms with Gasteiger partial charge in [-0.2, -0.15) is 0 Å². The molecule has 2 aromatic heterocycles. The van der Waals surface area contributed by atoms with E-state index >= 15 is 0 Å². The van der Waals surface area contributed by atoms with E-state index in [1.807, 2.05) is 117 Å². The quantitative estimate of drug-likeness (QED) is 0.109. The second-order valence-corrected chi connectivity index (χ2v) is 27.3. The number of nitrogens with zero attached hydrogens (tertiary/aromatic N) is 7. The van der Waals surface area contributed by atoms with Crippen LogP contribution in [0.15, 0.2) is 177 Å². The molecule has 17 heteroatoms. The van der Waals surface area contributed by atoms with Gasteiger partial charge in [0.05, 0.1) is 12.1 Å². The Hall–Kier alpha value is -5.64. The van der Waals surface area contributed by atoms with E-state index in [9.17, 15) is 14.7 Å². The number of carboxylic acid groups (broad SMARTS) is 1. The molecule has 0 aliphatic carbocycles. The van der Waals surface area contributed by atoms with Crippen molar-refractivity contribution in [2.75, 3.05) is 0 Å². The lowest BCUT2D eigenvalue weighted by Crippen LogP contribution is -2.43. The highest BCUT2D eigenvalue weighted by Gasteiger charge is 2.55. The molecule has 0 unspecified atom stereocenters. The summed E-state index contributed by atoms with van der Waals surface area (Å²) in [6.45, 7) is 17.1. The average Bonchev–Trinajstić information content (AvgIpc) is 1.92. The van der Waals surface area contributed by atoms with E-state index in [1.54, 1.807) is 0 Å². The minimum absolute atomic E-state index is 0.0312. The topological polar surface area (TPSA) is 127 Å². The molecular weight excluding hydrogens is 1180 g/mol. The first kappa shape index (κ1) is 62.4. The zero-order chi connectivity index (χ0) is 60.3. The van der Waals surface area contributed by atoms with Crippen molar-refractivity contribution in [1.29, 1.82) is 0 Å². The minimum Gasteiger partial charge on any atom is -0.477 e. The van der Waals surface area contributed by atoms with Crippen LogP contribution in [0.5, 0.6) is 0 Å². The van der Waals surface area contributed by atoms with Crippen molar-refractivity contribution in [2.45, 2.75) is 154 Å². The summed E-state index contributed by atoms with van der Waals surface area (Å²) in [5.41, 5.74) is 7.10. The van der Waals surface area contributed by atoms with Gasteiger partial charge in [-0.15, -0.1) is 0 Å². The summed E-state index contributed by atoms with van der Waals surface area (Å²) in [5.74, 6) is -0.653. The third-order valence-corrected chi connectivity index (χ3v) is 20.4. The number of carboxylic acids is 1. The second-order valence-electron chi connectivity index (χ2n) is 23.6. The number of nitrogens with one attached hydrogen (secondary N) is 1. The highest BCUT2D eigenvalue weighted by atomic mass is 35.5. The van der Waals surface area contributed by atoms with E-state index in [0.717, 1.165) is 87.6 Å². The third kappa shape index (κ3) is 13.2. The van der Waals surface area contributed by atoms with Gasteiger partial charge in [-0.05, 0) is 183 Å². The molecule has 0 saturated carbocycles. The number of carbonyl (C=O) groups excluding carboxylic acids is 1. The number of allylic oxidation sites excluding steroid dienone is 2. The predicted molar refractivity (Wildman–Crippen MR) is 351 cm³/mol. The lowest BCUT2D eigenvalue weighted by molar-refractivity contribution is -0.132. The van der Waals surface area contributed by atoms with Gasteiger partial charge in [0.15, 0.2) is 10.3 Å². The molecule has 12 rings (SSSR count). The van der Waals surface area contributed by atoms with Gasteiger partial charge in [0, 0.05) is 92.3 Å². The number of aliphatic imine (C=N–C) groups is 2. The van der Waals surface area contributed by atoms with Crippen LogP contribution in [-0.2, 0) is 33.5 Å². The Kier molecular flexibility index (Phi) is 19.7. The molecule has 8 atom stereocenters. The van der Waals surface area contributed by atoms with Crippen molar-refractivity contribution in [3.63, 3.8) is 0 Å². The fraction of sp³-hybridized carbons (Fsp3) is 0.382. The second kappa shape index (κ2) is 26.8. The van der Waals surface area contributed by atoms with E-state index in [-0.39, 0.29) is 41.9 Å². The minimum atomic E-state index is -0.918. The van der Waals surface area contributed by atoms with Crippen molar-refractivity contribution in [3.8, 4) is 0 Å². The van der Waals surface area contributed by atoms with Gasteiger partial charge >= 0.3 is 5.97 Å². The first-order valence-electron chi connectivity index (χ1n) is 29.6. The van der Waals surface area contributed by atoms with Crippen LogP contribution in [0.1, 0.15) is 140 Å². The van der Waals surface area contributed by atoms with E-state index in [0.29, 0.717) is 36.2 Å². The summed E-state index contributed by atoms with van der Waals surface area (Å²) in [7, 11) is 0. The van der Waals surface area contributed by atoms with Crippen LogP contribution in [0.25, 0.3) is 0 Å². The zero-order valence-corrected chi connectivity index (χ0v) is 54.0. The summed E-state index contributed by atoms with van der Waals surface area (Å²) in [5, 5.41) is 17.7. The molecule has 6 aliphatic heterocycles. The number of hydrogen-bond donors (Lipinski definition) is 2. The van der Waals surface area contributed by atoms with Crippen LogP contribution in [0.3, 0.4) is 0 Å². The number of amides is 1. The first-order valence-corrected chi connectivity index (χ1v) is 32.7. The van der Waals surface area contributed by atoms with Gasteiger partial charge in [-0.25, -0.2) is 14.8 Å². The van der Waals surface area contributed by atoms with Crippen molar-refractivity contribution in [1.82, 2.24) is 30.0 Å². The summed E-state index contributed by atoms with van der Waals surface area (Å²) >= 11 is 27.6. The Morgan fingerprint density at radius 1 is 0.565 bits per heavy atom. The van der Waals surface area contributed by atoms with Crippen molar-refractivity contribution in [3.05, 3.63) is 221 Å². The average molecular weight is 1260 g/mol. The molecule has 8 heterocycles. The standard InChI is InChI=1S/C34H36Cl2N4OS.C22H20Cl2N2O2S.C12H18N2/c1-5-27-17-18-28(20-26-8-6-7-19-37-26)39(27)32(41)30-29(21(2)3)40-31(22-9-13-24(35)14-10-22)34(4,38-33(40)42-30)23-11-15-25(36)16-12-23;1-12(2)17-18(20(27)28)29-21-25-22(3,14-6-10-16(24)11-7-14)19(26(17)21)13-4-8-15(23)9-5-13;1-2-10-6-7-12(14-10)9-11-5-3-4-8-13-11/h6-16,19,21,27-28,31H,5,17-18,20H2,1-4H3;4-12,19H,1-3H3,(H,27,28);3-5,8,10,12,14H,2,6-7,9H2,1H3/t27-,28+,31-,34+;19-,22+;10-,12+/m111/s1. The largest absolute Gasteiger partial charge is 0.477 e. The number of pyridine rings is 2. The molecule has 0 bridgehead atoms. The van der Waals surface area contributed by atoms with E-state index in [1.165, 1.54) is 48.5 Å². The van der Waals surface area contributed by atoms with Crippen LogP contribution < -0.4 is 5.32 Å². The van der Waals surface area contributed by atoms with Crippen LogP contribution in [0, 0.1) is 11.8 Å². The van der Waals surface area contributed by atoms with Gasteiger partial charge in [0.2, 0.25) is 0 Å². The Morgan fingerprint density at radius 3 is 1.40 bits per heavy atom. The molecule has 0 spiro atoms. The molecule has 1 amide bonds. The molecule has 11 nitrogen and oxygen atoms in total. The summed E-state index contributed by atoms with van der Waals surface area (Å²) in [6, 6.07) is 44.9. The van der Waals surface area contributed by atoms with Crippen LogP contribution in [-0.4, -0.2) is 76.2 Å². The maximum Gasteiger partial charge on any atom is 0.344 e. The van der Waals surface area contributed by atoms with E-state index in [4.69, 9.17) is 56.4 Å². The highest BCUT2D eigenvalue weighted by Crippen LogP contribution is 2.58. The number of aliphatic carboxylic acids is 1. The smallest absolute Gasteiger partial charge is 0.344 e. The summed E-state index contributed by atoms with van der Waals surface area (Å²) in [4.78, 5) is 53.6. The number of carbonyl (C=O) groups is 2. The third-order valence-electron chi connectivity index (χ3n) is 17.2. The molecule has 444 valence electrons. The number of likely N-dealkylation sites (tertiary alicyclic amines) is 1. The van der Waals surface area contributed by atoms with Crippen molar-refractivity contribution >= 4 is 92.1 Å². The number of thioether (sulfide) groups is 2. The molecule has 0 radical (unpaired) electrons. The molecule has 6 aromatic rings. The maximum atomic E-state index is 14.6. The number of fused-ring (bicyclic) bond motifs is 2.